The highest BCUT2D eigenvalue weighted by Crippen LogP contribution is 2.25. The van der Waals surface area contributed by atoms with E-state index in [4.69, 9.17) is 4.42 Å². The van der Waals surface area contributed by atoms with E-state index in [1.807, 2.05) is 17.5 Å². The van der Waals surface area contributed by atoms with E-state index in [-0.39, 0.29) is 18.1 Å². The third-order valence-corrected chi connectivity index (χ3v) is 5.33. The number of aliphatic hydroxyl groups is 1. The normalized spacial score (nSPS) is 20.8. The largest absolute Gasteiger partial charge is 0.462 e. The van der Waals surface area contributed by atoms with Crippen molar-refractivity contribution in [1.82, 2.24) is 15.2 Å². The molecular weight excluding hydrogens is 326 g/mol. The van der Waals surface area contributed by atoms with Crippen molar-refractivity contribution in [3.05, 3.63) is 29.5 Å². The molecule has 1 aliphatic rings. The van der Waals surface area contributed by atoms with Crippen LogP contribution in [0.3, 0.4) is 0 Å². The first-order valence-corrected chi connectivity index (χ1v) is 9.17. The number of carbonyl (C=O) groups excluding carboxylic acids is 1. The summed E-state index contributed by atoms with van der Waals surface area (Å²) in [5, 5.41) is 15.6. The summed E-state index contributed by atoms with van der Waals surface area (Å²) in [7, 11) is 1.77. The molecule has 24 heavy (non-hydrogen) atoms. The van der Waals surface area contributed by atoms with Crippen LogP contribution in [0, 0.1) is 5.92 Å². The Morgan fingerprint density at radius 3 is 3.08 bits per heavy atom. The van der Waals surface area contributed by atoms with Crippen molar-refractivity contribution in [3.8, 4) is 10.8 Å². The summed E-state index contributed by atoms with van der Waals surface area (Å²) in [6, 6.07) is 3.55. The molecule has 2 amide bonds. The molecule has 2 N–H and O–H groups in total. The monoisotopic (exact) mass is 349 g/mol. The van der Waals surface area contributed by atoms with Crippen molar-refractivity contribution in [2.75, 3.05) is 13.6 Å². The molecule has 2 atom stereocenters. The van der Waals surface area contributed by atoms with Gasteiger partial charge in [-0.05, 0) is 25.0 Å². The number of nitrogens with zero attached hydrogens (tertiary/aromatic N) is 2. The molecule has 0 saturated heterocycles. The molecule has 7 heteroatoms. The topological polar surface area (TPSA) is 78.6 Å². The van der Waals surface area contributed by atoms with E-state index in [0.29, 0.717) is 13.1 Å². The molecule has 2 heterocycles. The second-order valence-corrected chi connectivity index (χ2v) is 7.13. The van der Waals surface area contributed by atoms with E-state index < -0.39 is 0 Å². The van der Waals surface area contributed by atoms with E-state index in [2.05, 4.69) is 10.3 Å². The number of hydrogen-bond donors (Lipinski definition) is 2. The molecule has 0 radical (unpaired) electrons. The Morgan fingerprint density at radius 2 is 2.33 bits per heavy atom. The van der Waals surface area contributed by atoms with Crippen LogP contribution in [-0.2, 0) is 6.54 Å². The molecule has 2 aromatic rings. The number of aromatic nitrogens is 1. The molecule has 2 unspecified atom stereocenters. The molecule has 1 aliphatic carbocycles. The first kappa shape index (κ1) is 17.0. The van der Waals surface area contributed by atoms with Crippen LogP contribution in [0.25, 0.3) is 10.8 Å². The lowest BCUT2D eigenvalue weighted by Crippen LogP contribution is -2.42. The highest BCUT2D eigenvalue weighted by Gasteiger charge is 2.25. The molecule has 130 valence electrons. The van der Waals surface area contributed by atoms with Gasteiger partial charge in [0, 0.05) is 24.9 Å². The van der Waals surface area contributed by atoms with Crippen molar-refractivity contribution in [3.63, 3.8) is 0 Å². The SMILES string of the molecule is CN(CC1CCCCC1O)C(=O)NCc1csc(-c2ccco2)n1. The molecule has 3 rings (SSSR count). The number of furan rings is 1. The third-order valence-electron chi connectivity index (χ3n) is 4.43. The van der Waals surface area contributed by atoms with Crippen LogP contribution < -0.4 is 5.32 Å². The van der Waals surface area contributed by atoms with Crippen LogP contribution in [-0.4, -0.2) is 40.7 Å². The minimum Gasteiger partial charge on any atom is -0.462 e. The van der Waals surface area contributed by atoms with Crippen molar-refractivity contribution >= 4 is 17.4 Å². The first-order valence-electron chi connectivity index (χ1n) is 8.29. The van der Waals surface area contributed by atoms with Gasteiger partial charge in [0.05, 0.1) is 24.6 Å². The smallest absolute Gasteiger partial charge is 0.317 e. The van der Waals surface area contributed by atoms with Gasteiger partial charge in [-0.2, -0.15) is 0 Å². The molecular formula is C17H23N3O3S. The maximum absolute atomic E-state index is 12.2. The minimum atomic E-state index is -0.289. The lowest BCUT2D eigenvalue weighted by atomic mass is 9.86. The Balaban J connectivity index is 1.48. The van der Waals surface area contributed by atoms with Gasteiger partial charge in [0.15, 0.2) is 10.8 Å². The van der Waals surface area contributed by atoms with Gasteiger partial charge >= 0.3 is 6.03 Å². The highest BCUT2D eigenvalue weighted by atomic mass is 32.1. The van der Waals surface area contributed by atoms with Crippen molar-refractivity contribution in [2.45, 2.75) is 38.3 Å². The minimum absolute atomic E-state index is 0.139. The molecule has 1 saturated carbocycles. The number of amides is 2. The number of hydrogen-bond acceptors (Lipinski definition) is 5. The Morgan fingerprint density at radius 1 is 1.50 bits per heavy atom. The van der Waals surface area contributed by atoms with Crippen molar-refractivity contribution in [2.24, 2.45) is 5.92 Å². The number of carbonyl (C=O) groups is 1. The average Bonchev–Trinajstić information content (AvgIpc) is 3.25. The fraction of sp³-hybridized carbons (Fsp3) is 0.529. The summed E-state index contributed by atoms with van der Waals surface area (Å²) in [5.74, 6) is 0.917. The van der Waals surface area contributed by atoms with E-state index in [1.54, 1.807) is 18.2 Å². The lowest BCUT2D eigenvalue weighted by Gasteiger charge is -2.31. The summed E-state index contributed by atoms with van der Waals surface area (Å²) < 4.78 is 5.32. The van der Waals surface area contributed by atoms with Gasteiger partial charge in [-0.3, -0.25) is 0 Å². The summed E-state index contributed by atoms with van der Waals surface area (Å²) in [6.45, 7) is 0.968. The predicted molar refractivity (Wildman–Crippen MR) is 92.6 cm³/mol. The van der Waals surface area contributed by atoms with E-state index in [0.717, 1.165) is 42.1 Å². The van der Waals surface area contributed by atoms with Gasteiger partial charge < -0.3 is 19.7 Å². The summed E-state index contributed by atoms with van der Waals surface area (Å²) in [4.78, 5) is 18.3. The van der Waals surface area contributed by atoms with Crippen LogP contribution in [0.2, 0.25) is 0 Å². The van der Waals surface area contributed by atoms with Gasteiger partial charge in [-0.1, -0.05) is 12.8 Å². The van der Waals surface area contributed by atoms with E-state index >= 15 is 0 Å². The second-order valence-electron chi connectivity index (χ2n) is 6.27. The fourth-order valence-corrected chi connectivity index (χ4v) is 3.82. The standard InChI is InChI=1S/C17H23N3O3S/c1-20(10-12-5-2-3-6-14(12)21)17(22)18-9-13-11-24-16(19-13)15-7-4-8-23-15/h4,7-8,11-12,14,21H,2-3,5-6,9-10H2,1H3,(H,18,22). The van der Waals surface area contributed by atoms with Gasteiger partial charge in [0.1, 0.15) is 0 Å². The predicted octanol–water partition coefficient (Wildman–Crippen LogP) is 3.10. The Labute approximate surface area is 145 Å². The second kappa shape index (κ2) is 7.81. The first-order chi connectivity index (χ1) is 11.6. The zero-order valence-corrected chi connectivity index (χ0v) is 14.6. The van der Waals surface area contributed by atoms with Crippen LogP contribution in [0.15, 0.2) is 28.2 Å². The lowest BCUT2D eigenvalue weighted by molar-refractivity contribution is 0.0565. The quantitative estimate of drug-likeness (QED) is 0.869. The van der Waals surface area contributed by atoms with E-state index in [1.165, 1.54) is 11.3 Å². The van der Waals surface area contributed by atoms with Gasteiger partial charge in [0.25, 0.3) is 0 Å². The van der Waals surface area contributed by atoms with Crippen molar-refractivity contribution in [1.29, 1.82) is 0 Å². The Kier molecular flexibility index (Phi) is 5.52. The number of nitrogens with one attached hydrogen (secondary N) is 1. The van der Waals surface area contributed by atoms with Crippen molar-refractivity contribution < 1.29 is 14.3 Å². The van der Waals surface area contributed by atoms with Crippen LogP contribution in [0.1, 0.15) is 31.4 Å². The molecule has 0 bridgehead atoms. The number of aliphatic hydroxyl groups excluding tert-OH is 1. The molecule has 0 aromatic carbocycles. The van der Waals surface area contributed by atoms with Crippen LogP contribution >= 0.6 is 11.3 Å². The molecule has 0 spiro atoms. The molecule has 2 aromatic heterocycles. The molecule has 6 nitrogen and oxygen atoms in total. The molecule has 0 aliphatic heterocycles. The maximum Gasteiger partial charge on any atom is 0.317 e. The maximum atomic E-state index is 12.2. The fourth-order valence-electron chi connectivity index (χ4n) is 3.04. The van der Waals surface area contributed by atoms with Gasteiger partial charge in [-0.25, -0.2) is 9.78 Å². The van der Waals surface area contributed by atoms with Gasteiger partial charge in [-0.15, -0.1) is 11.3 Å². The highest BCUT2D eigenvalue weighted by molar-refractivity contribution is 7.13. The summed E-state index contributed by atoms with van der Waals surface area (Å²) >= 11 is 1.49. The summed E-state index contributed by atoms with van der Waals surface area (Å²) in [5.41, 5.74) is 0.811. The Hall–Kier alpha value is -1.86. The van der Waals surface area contributed by atoms with Crippen LogP contribution in [0.5, 0.6) is 0 Å². The zero-order chi connectivity index (χ0) is 16.9. The van der Waals surface area contributed by atoms with Gasteiger partial charge in [0.2, 0.25) is 0 Å². The Bertz CT molecular complexity index is 656. The summed E-state index contributed by atoms with van der Waals surface area (Å²) in [6.07, 6.45) is 5.36. The average molecular weight is 349 g/mol. The van der Waals surface area contributed by atoms with E-state index in [9.17, 15) is 9.90 Å². The number of rotatable bonds is 5. The third kappa shape index (κ3) is 4.15. The van der Waals surface area contributed by atoms with Crippen LogP contribution in [0.4, 0.5) is 4.79 Å². The zero-order valence-electron chi connectivity index (χ0n) is 13.8. The number of urea groups is 1. The number of thiazole rings is 1. The molecule has 1 fully saturated rings.